The summed E-state index contributed by atoms with van der Waals surface area (Å²) in [7, 11) is 0. The molecule has 0 radical (unpaired) electrons. The number of benzene rings is 2. The SMILES string of the molecule is N#Cc1ccc(C(=O)CC(Nc2ccc([N+](=O)[O-])cc2)C2CCCCC2)cc1. The lowest BCUT2D eigenvalue weighted by molar-refractivity contribution is -0.384. The van der Waals surface area contributed by atoms with Crippen molar-refractivity contribution in [2.75, 3.05) is 5.32 Å². The first-order valence-electron chi connectivity index (χ1n) is 9.61. The third kappa shape index (κ3) is 4.95. The van der Waals surface area contributed by atoms with E-state index in [0.29, 0.717) is 23.5 Å². The van der Waals surface area contributed by atoms with E-state index >= 15 is 0 Å². The van der Waals surface area contributed by atoms with Crippen molar-refractivity contribution in [3.63, 3.8) is 0 Å². The van der Waals surface area contributed by atoms with Crippen LogP contribution in [0.5, 0.6) is 0 Å². The number of nitro groups is 1. The zero-order valence-corrected chi connectivity index (χ0v) is 15.6. The molecule has 2 aromatic carbocycles. The van der Waals surface area contributed by atoms with E-state index < -0.39 is 4.92 Å². The number of ketones is 1. The Morgan fingerprint density at radius 3 is 2.32 bits per heavy atom. The van der Waals surface area contributed by atoms with E-state index in [4.69, 9.17) is 5.26 Å². The first-order chi connectivity index (χ1) is 13.6. The van der Waals surface area contributed by atoms with Gasteiger partial charge in [0.25, 0.3) is 5.69 Å². The molecule has 2 aromatic rings. The lowest BCUT2D eigenvalue weighted by Crippen LogP contribution is -2.33. The Kier molecular flexibility index (Phi) is 6.38. The summed E-state index contributed by atoms with van der Waals surface area (Å²) in [5.41, 5.74) is 1.97. The molecule has 0 spiro atoms. The number of nitrogens with zero attached hydrogens (tertiary/aromatic N) is 2. The van der Waals surface area contributed by atoms with Crippen molar-refractivity contribution in [1.82, 2.24) is 0 Å². The molecule has 1 atom stereocenters. The number of nitrogens with one attached hydrogen (secondary N) is 1. The van der Waals surface area contributed by atoms with Crippen molar-refractivity contribution in [3.8, 4) is 6.07 Å². The smallest absolute Gasteiger partial charge is 0.269 e. The highest BCUT2D eigenvalue weighted by Crippen LogP contribution is 2.31. The predicted molar refractivity (Wildman–Crippen MR) is 107 cm³/mol. The maximum atomic E-state index is 12.8. The van der Waals surface area contributed by atoms with Gasteiger partial charge in [-0.25, -0.2) is 0 Å². The topological polar surface area (TPSA) is 96.0 Å². The number of nitro benzene ring substituents is 1. The number of non-ortho nitro benzene ring substituents is 1. The van der Waals surface area contributed by atoms with Gasteiger partial charge in [-0.1, -0.05) is 31.4 Å². The van der Waals surface area contributed by atoms with Gasteiger partial charge in [0.05, 0.1) is 16.6 Å². The van der Waals surface area contributed by atoms with Crippen molar-refractivity contribution in [1.29, 1.82) is 5.26 Å². The molecule has 6 nitrogen and oxygen atoms in total. The third-order valence-corrected chi connectivity index (χ3v) is 5.39. The zero-order chi connectivity index (χ0) is 19.9. The highest BCUT2D eigenvalue weighted by molar-refractivity contribution is 5.96. The molecule has 0 aliphatic heterocycles. The number of anilines is 1. The average Bonchev–Trinajstić information content (AvgIpc) is 2.74. The third-order valence-electron chi connectivity index (χ3n) is 5.39. The average molecular weight is 377 g/mol. The molecule has 0 saturated heterocycles. The Hall–Kier alpha value is -3.20. The van der Waals surface area contributed by atoms with E-state index in [1.54, 1.807) is 36.4 Å². The fourth-order valence-electron chi connectivity index (χ4n) is 3.81. The van der Waals surface area contributed by atoms with Crippen LogP contribution in [-0.2, 0) is 0 Å². The number of hydrogen-bond acceptors (Lipinski definition) is 5. The van der Waals surface area contributed by atoms with Crippen LogP contribution in [0.4, 0.5) is 11.4 Å². The molecule has 6 heteroatoms. The van der Waals surface area contributed by atoms with Crippen molar-refractivity contribution in [3.05, 3.63) is 69.8 Å². The Morgan fingerprint density at radius 1 is 1.11 bits per heavy atom. The first kappa shape index (κ1) is 19.6. The van der Waals surface area contributed by atoms with Crippen molar-refractivity contribution in [2.45, 2.75) is 44.6 Å². The summed E-state index contributed by atoms with van der Waals surface area (Å²) in [6.45, 7) is 0. The van der Waals surface area contributed by atoms with Crippen LogP contribution in [0, 0.1) is 27.4 Å². The molecule has 1 aliphatic rings. The van der Waals surface area contributed by atoms with E-state index in [1.807, 2.05) is 0 Å². The van der Waals surface area contributed by atoms with Crippen LogP contribution in [0.3, 0.4) is 0 Å². The molecular formula is C22H23N3O3. The predicted octanol–water partition coefficient (Wildman–Crippen LogP) is 5.10. The van der Waals surface area contributed by atoms with Gasteiger partial charge in [-0.3, -0.25) is 14.9 Å². The molecule has 1 saturated carbocycles. The van der Waals surface area contributed by atoms with Crippen molar-refractivity contribution >= 4 is 17.2 Å². The minimum atomic E-state index is -0.420. The number of carbonyl (C=O) groups excluding carboxylic acids is 1. The Bertz CT molecular complexity index is 863. The van der Waals surface area contributed by atoms with Gasteiger partial charge in [-0.15, -0.1) is 0 Å². The van der Waals surface area contributed by atoms with Crippen molar-refractivity contribution in [2.24, 2.45) is 5.92 Å². The molecule has 1 aliphatic carbocycles. The van der Waals surface area contributed by atoms with Gasteiger partial charge in [-0.2, -0.15) is 5.26 Å². The Labute approximate surface area is 164 Å². The van der Waals surface area contributed by atoms with Crippen LogP contribution >= 0.6 is 0 Å². The molecule has 3 rings (SSSR count). The summed E-state index contributed by atoms with van der Waals surface area (Å²) >= 11 is 0. The Balaban J connectivity index is 1.75. The molecule has 0 amide bonds. The first-order valence-corrected chi connectivity index (χ1v) is 9.61. The van der Waals surface area contributed by atoms with E-state index in [0.717, 1.165) is 31.4 Å². The maximum Gasteiger partial charge on any atom is 0.269 e. The van der Waals surface area contributed by atoms with Crippen LogP contribution in [0.2, 0.25) is 0 Å². The molecule has 1 unspecified atom stereocenters. The van der Waals surface area contributed by atoms with E-state index in [9.17, 15) is 14.9 Å². The second-order valence-corrected chi connectivity index (χ2v) is 7.27. The molecular weight excluding hydrogens is 354 g/mol. The van der Waals surface area contributed by atoms with Crippen LogP contribution in [0.15, 0.2) is 48.5 Å². The minimum Gasteiger partial charge on any atom is -0.382 e. The fourth-order valence-corrected chi connectivity index (χ4v) is 3.81. The van der Waals surface area contributed by atoms with Gasteiger partial charge >= 0.3 is 0 Å². The number of nitriles is 1. The van der Waals surface area contributed by atoms with E-state index in [-0.39, 0.29) is 17.5 Å². The lowest BCUT2D eigenvalue weighted by Gasteiger charge is -2.31. The van der Waals surface area contributed by atoms with Gasteiger partial charge in [-0.05, 0) is 43.0 Å². The summed E-state index contributed by atoms with van der Waals surface area (Å²) < 4.78 is 0. The molecule has 144 valence electrons. The largest absolute Gasteiger partial charge is 0.382 e. The van der Waals surface area contributed by atoms with Crippen molar-refractivity contribution < 1.29 is 9.72 Å². The molecule has 1 N–H and O–H groups in total. The van der Waals surface area contributed by atoms with E-state index in [1.165, 1.54) is 18.6 Å². The maximum absolute atomic E-state index is 12.8. The second kappa shape index (κ2) is 9.14. The minimum absolute atomic E-state index is 0.0232. The summed E-state index contributed by atoms with van der Waals surface area (Å²) in [4.78, 5) is 23.2. The lowest BCUT2D eigenvalue weighted by atomic mass is 9.81. The molecule has 0 heterocycles. The number of Topliss-reactive ketones (excluding diaryl/α,β-unsaturated/α-hetero) is 1. The normalized spacial score (nSPS) is 15.4. The highest BCUT2D eigenvalue weighted by Gasteiger charge is 2.26. The monoisotopic (exact) mass is 377 g/mol. The number of carbonyl (C=O) groups is 1. The second-order valence-electron chi connectivity index (χ2n) is 7.27. The highest BCUT2D eigenvalue weighted by atomic mass is 16.6. The quantitative estimate of drug-likeness (QED) is 0.411. The van der Waals surface area contributed by atoms with Gasteiger partial charge in [0.2, 0.25) is 0 Å². The van der Waals surface area contributed by atoms with Crippen LogP contribution in [-0.4, -0.2) is 16.7 Å². The Morgan fingerprint density at radius 2 is 1.75 bits per heavy atom. The van der Waals surface area contributed by atoms with Crippen LogP contribution < -0.4 is 5.32 Å². The number of rotatable bonds is 7. The van der Waals surface area contributed by atoms with Gasteiger partial charge in [0.1, 0.15) is 0 Å². The van der Waals surface area contributed by atoms with Crippen LogP contribution in [0.25, 0.3) is 0 Å². The molecule has 28 heavy (non-hydrogen) atoms. The summed E-state index contributed by atoms with van der Waals surface area (Å²) in [5.74, 6) is 0.431. The van der Waals surface area contributed by atoms with E-state index in [2.05, 4.69) is 11.4 Å². The summed E-state index contributed by atoms with van der Waals surface area (Å²) in [6, 6.07) is 15.1. The zero-order valence-electron chi connectivity index (χ0n) is 15.6. The van der Waals surface area contributed by atoms with Gasteiger partial charge < -0.3 is 5.32 Å². The summed E-state index contributed by atoms with van der Waals surface area (Å²) in [6.07, 6.45) is 6.05. The number of hydrogen-bond donors (Lipinski definition) is 1. The molecule has 1 fully saturated rings. The standard InChI is InChI=1S/C22H23N3O3/c23-15-16-6-8-18(9-7-16)22(26)14-21(17-4-2-1-3-5-17)24-19-10-12-20(13-11-19)25(27)28/h6-13,17,21,24H,1-5,14H2. The van der Waals surface area contributed by atoms with Crippen LogP contribution in [0.1, 0.15) is 54.4 Å². The molecule has 0 bridgehead atoms. The fraction of sp³-hybridized carbons (Fsp3) is 0.364. The summed E-state index contributed by atoms with van der Waals surface area (Å²) in [5, 5.41) is 23.2. The molecule has 0 aromatic heterocycles. The van der Waals surface area contributed by atoms with Gasteiger partial charge in [0.15, 0.2) is 5.78 Å². The van der Waals surface area contributed by atoms with Gasteiger partial charge in [0, 0.05) is 35.8 Å².